The molecule has 0 saturated carbocycles. The van der Waals surface area contributed by atoms with E-state index in [9.17, 15) is 9.90 Å². The third-order valence-electron chi connectivity index (χ3n) is 2.96. The number of carbonyl (C=O) groups excluding carboxylic acids is 1. The van der Waals surface area contributed by atoms with E-state index >= 15 is 0 Å². The van der Waals surface area contributed by atoms with Crippen molar-refractivity contribution >= 4 is 5.91 Å². The smallest absolute Gasteiger partial charge is 0.222 e. The summed E-state index contributed by atoms with van der Waals surface area (Å²) in [4.78, 5) is 13.0. The van der Waals surface area contributed by atoms with Gasteiger partial charge < -0.3 is 14.7 Å². The zero-order valence-electron chi connectivity index (χ0n) is 11.9. The van der Waals surface area contributed by atoms with Crippen molar-refractivity contribution in [2.24, 2.45) is 0 Å². The SMILES string of the molecule is CCC(O)c1ccccc1OCCCC(=O)N(C)C. The highest BCUT2D eigenvalue weighted by atomic mass is 16.5. The highest BCUT2D eigenvalue weighted by Gasteiger charge is 2.11. The van der Waals surface area contributed by atoms with E-state index in [2.05, 4.69) is 0 Å². The van der Waals surface area contributed by atoms with Gasteiger partial charge in [0, 0.05) is 26.1 Å². The van der Waals surface area contributed by atoms with Gasteiger partial charge in [0.1, 0.15) is 5.75 Å². The van der Waals surface area contributed by atoms with Crippen molar-refractivity contribution in [3.05, 3.63) is 29.8 Å². The molecule has 0 bridgehead atoms. The molecule has 1 N–H and O–H groups in total. The molecule has 4 nitrogen and oxygen atoms in total. The molecule has 1 unspecified atom stereocenters. The molecule has 4 heteroatoms. The van der Waals surface area contributed by atoms with Gasteiger partial charge in [0.25, 0.3) is 0 Å². The Balaban J connectivity index is 2.47. The Kier molecular flexibility index (Phi) is 6.36. The summed E-state index contributed by atoms with van der Waals surface area (Å²) in [7, 11) is 3.49. The number of hydrogen-bond acceptors (Lipinski definition) is 3. The summed E-state index contributed by atoms with van der Waals surface area (Å²) in [6.07, 6.45) is 1.30. The van der Waals surface area contributed by atoms with E-state index < -0.39 is 6.10 Å². The maximum Gasteiger partial charge on any atom is 0.222 e. The number of hydrogen-bond donors (Lipinski definition) is 1. The van der Waals surface area contributed by atoms with Crippen molar-refractivity contribution in [3.63, 3.8) is 0 Å². The first-order chi connectivity index (χ1) is 9.06. The van der Waals surface area contributed by atoms with Gasteiger partial charge >= 0.3 is 0 Å². The average Bonchev–Trinajstić information content (AvgIpc) is 2.42. The second-order valence-electron chi connectivity index (χ2n) is 4.70. The largest absolute Gasteiger partial charge is 0.493 e. The lowest BCUT2D eigenvalue weighted by molar-refractivity contribution is -0.128. The van der Waals surface area contributed by atoms with Crippen molar-refractivity contribution in [3.8, 4) is 5.75 Å². The van der Waals surface area contributed by atoms with Gasteiger partial charge in [-0.1, -0.05) is 25.1 Å². The molecular formula is C15H23NO3. The van der Waals surface area contributed by atoms with Crippen molar-refractivity contribution in [2.75, 3.05) is 20.7 Å². The fourth-order valence-electron chi connectivity index (χ4n) is 1.74. The van der Waals surface area contributed by atoms with E-state index in [0.29, 0.717) is 31.6 Å². The topological polar surface area (TPSA) is 49.8 Å². The molecule has 1 atom stereocenters. The second-order valence-corrected chi connectivity index (χ2v) is 4.70. The van der Waals surface area contributed by atoms with Crippen molar-refractivity contribution in [1.82, 2.24) is 4.90 Å². The molecule has 0 aliphatic rings. The predicted octanol–water partition coefficient (Wildman–Crippen LogP) is 2.38. The van der Waals surface area contributed by atoms with E-state index in [1.54, 1.807) is 19.0 Å². The molecule has 0 saturated heterocycles. The number of nitrogens with zero attached hydrogens (tertiary/aromatic N) is 1. The van der Waals surface area contributed by atoms with E-state index in [1.807, 2.05) is 31.2 Å². The number of para-hydroxylation sites is 1. The summed E-state index contributed by atoms with van der Waals surface area (Å²) < 4.78 is 5.66. The Morgan fingerprint density at radius 2 is 2.05 bits per heavy atom. The van der Waals surface area contributed by atoms with Crippen LogP contribution in [-0.2, 0) is 4.79 Å². The van der Waals surface area contributed by atoms with Gasteiger partial charge in [0.2, 0.25) is 5.91 Å². The monoisotopic (exact) mass is 265 g/mol. The fraction of sp³-hybridized carbons (Fsp3) is 0.533. The zero-order valence-corrected chi connectivity index (χ0v) is 11.9. The van der Waals surface area contributed by atoms with Gasteiger partial charge in [-0.05, 0) is 18.9 Å². The van der Waals surface area contributed by atoms with Gasteiger partial charge in [-0.3, -0.25) is 4.79 Å². The number of rotatable bonds is 7. The zero-order chi connectivity index (χ0) is 14.3. The van der Waals surface area contributed by atoms with Crippen LogP contribution in [-0.4, -0.2) is 36.6 Å². The minimum atomic E-state index is -0.500. The third kappa shape index (κ3) is 4.91. The van der Waals surface area contributed by atoms with Crippen molar-refractivity contribution < 1.29 is 14.6 Å². The van der Waals surface area contributed by atoms with E-state index in [4.69, 9.17) is 4.74 Å². The van der Waals surface area contributed by atoms with Gasteiger partial charge in [-0.15, -0.1) is 0 Å². The summed E-state index contributed by atoms with van der Waals surface area (Å²) >= 11 is 0. The highest BCUT2D eigenvalue weighted by molar-refractivity contribution is 5.75. The molecule has 106 valence electrons. The van der Waals surface area contributed by atoms with Gasteiger partial charge in [-0.2, -0.15) is 0 Å². The standard InChI is InChI=1S/C15H23NO3/c1-4-13(17)12-8-5-6-9-14(12)19-11-7-10-15(18)16(2)3/h5-6,8-9,13,17H,4,7,10-11H2,1-3H3. The van der Waals surface area contributed by atoms with Crippen LogP contribution in [0.2, 0.25) is 0 Å². The number of carbonyl (C=O) groups is 1. The molecule has 0 aliphatic carbocycles. The van der Waals surface area contributed by atoms with E-state index in [0.717, 1.165) is 5.56 Å². The van der Waals surface area contributed by atoms with Crippen LogP contribution >= 0.6 is 0 Å². The number of aliphatic hydroxyl groups is 1. The summed E-state index contributed by atoms with van der Waals surface area (Å²) in [5.41, 5.74) is 0.809. The number of aliphatic hydroxyl groups excluding tert-OH is 1. The third-order valence-corrected chi connectivity index (χ3v) is 2.96. The molecule has 0 aliphatic heterocycles. The molecule has 1 amide bonds. The first-order valence-corrected chi connectivity index (χ1v) is 6.66. The molecule has 1 aromatic rings. The molecule has 0 heterocycles. The first kappa shape index (κ1) is 15.5. The molecule has 0 aromatic heterocycles. The normalized spacial score (nSPS) is 12.0. The van der Waals surface area contributed by atoms with Crippen molar-refractivity contribution in [1.29, 1.82) is 0 Å². The van der Waals surface area contributed by atoms with Gasteiger partial charge in [0.05, 0.1) is 12.7 Å². The summed E-state index contributed by atoms with van der Waals surface area (Å²) in [5, 5.41) is 9.89. The molecular weight excluding hydrogens is 242 g/mol. The average molecular weight is 265 g/mol. The molecule has 0 spiro atoms. The Morgan fingerprint density at radius 3 is 2.68 bits per heavy atom. The van der Waals surface area contributed by atoms with Gasteiger partial charge in [-0.25, -0.2) is 0 Å². The quantitative estimate of drug-likeness (QED) is 0.770. The Hall–Kier alpha value is -1.55. The second kappa shape index (κ2) is 7.79. The van der Waals surface area contributed by atoms with E-state index in [-0.39, 0.29) is 5.91 Å². The van der Waals surface area contributed by atoms with Crippen LogP contribution < -0.4 is 4.74 Å². The van der Waals surface area contributed by atoms with Crippen LogP contribution in [0.3, 0.4) is 0 Å². The fourth-order valence-corrected chi connectivity index (χ4v) is 1.74. The molecule has 19 heavy (non-hydrogen) atoms. The van der Waals surface area contributed by atoms with Crippen LogP contribution in [0.5, 0.6) is 5.75 Å². The van der Waals surface area contributed by atoms with Crippen LogP contribution in [0.25, 0.3) is 0 Å². The predicted molar refractivity (Wildman–Crippen MR) is 75.1 cm³/mol. The number of ether oxygens (including phenoxy) is 1. The Bertz CT molecular complexity index is 404. The lowest BCUT2D eigenvalue weighted by Crippen LogP contribution is -2.21. The molecule has 0 fully saturated rings. The summed E-state index contributed by atoms with van der Waals surface area (Å²) in [6.45, 7) is 2.41. The lowest BCUT2D eigenvalue weighted by atomic mass is 10.1. The van der Waals surface area contributed by atoms with Crippen LogP contribution in [0.1, 0.15) is 37.9 Å². The van der Waals surface area contributed by atoms with Crippen LogP contribution in [0.15, 0.2) is 24.3 Å². The molecule has 0 radical (unpaired) electrons. The summed E-state index contributed by atoms with van der Waals surface area (Å²) in [6, 6.07) is 7.49. The number of benzene rings is 1. The Morgan fingerprint density at radius 1 is 1.37 bits per heavy atom. The summed E-state index contributed by atoms with van der Waals surface area (Å²) in [5.74, 6) is 0.805. The maximum atomic E-state index is 11.4. The first-order valence-electron chi connectivity index (χ1n) is 6.66. The van der Waals surface area contributed by atoms with Crippen molar-refractivity contribution in [2.45, 2.75) is 32.3 Å². The minimum absolute atomic E-state index is 0.102. The highest BCUT2D eigenvalue weighted by Crippen LogP contribution is 2.26. The molecule has 1 rings (SSSR count). The van der Waals surface area contributed by atoms with Crippen LogP contribution in [0.4, 0.5) is 0 Å². The van der Waals surface area contributed by atoms with Crippen LogP contribution in [0, 0.1) is 0 Å². The molecule has 1 aromatic carbocycles. The minimum Gasteiger partial charge on any atom is -0.493 e. The van der Waals surface area contributed by atoms with E-state index in [1.165, 1.54) is 0 Å². The Labute approximate surface area is 115 Å². The number of amides is 1. The van der Waals surface area contributed by atoms with Gasteiger partial charge in [0.15, 0.2) is 0 Å². The lowest BCUT2D eigenvalue weighted by Gasteiger charge is -2.15. The maximum absolute atomic E-state index is 11.4.